The van der Waals surface area contributed by atoms with E-state index in [1.54, 1.807) is 10.6 Å². The lowest BCUT2D eigenvalue weighted by atomic mass is 10.2. The zero-order valence-corrected chi connectivity index (χ0v) is 12.8. The Bertz CT molecular complexity index is 829. The van der Waals surface area contributed by atoms with Gasteiger partial charge in [-0.05, 0) is 46.6 Å². The molecule has 20 heavy (non-hydrogen) atoms. The standard InChI is InChI=1S/C14H10BrClFN3/c1-7-9(16)3-2-4-12(7)20-13-5-8(15)10(17)6-11(13)19-14(20)18/h2-6H,1H3,(H2,18,19). The molecule has 0 saturated heterocycles. The van der Waals surface area contributed by atoms with Crippen molar-refractivity contribution in [3.63, 3.8) is 0 Å². The summed E-state index contributed by atoms with van der Waals surface area (Å²) in [6, 6.07) is 8.57. The van der Waals surface area contributed by atoms with E-state index in [0.717, 1.165) is 16.8 Å². The molecule has 0 spiro atoms. The molecule has 0 unspecified atom stereocenters. The molecule has 2 N–H and O–H groups in total. The van der Waals surface area contributed by atoms with Gasteiger partial charge in [0.25, 0.3) is 0 Å². The number of anilines is 1. The van der Waals surface area contributed by atoms with Gasteiger partial charge in [0.2, 0.25) is 5.95 Å². The maximum absolute atomic E-state index is 13.6. The van der Waals surface area contributed by atoms with Gasteiger partial charge in [-0.3, -0.25) is 4.57 Å². The van der Waals surface area contributed by atoms with Crippen LogP contribution in [0, 0.1) is 12.7 Å². The molecule has 0 amide bonds. The molecule has 0 saturated carbocycles. The Balaban J connectivity index is 2.39. The SMILES string of the molecule is Cc1c(Cl)cccc1-n1c(N)nc2cc(F)c(Br)cc21. The summed E-state index contributed by atoms with van der Waals surface area (Å²) in [5.74, 6) is -0.0761. The van der Waals surface area contributed by atoms with Gasteiger partial charge in [0.1, 0.15) is 5.82 Å². The summed E-state index contributed by atoms with van der Waals surface area (Å²) in [7, 11) is 0. The fraction of sp³-hybridized carbons (Fsp3) is 0.0714. The van der Waals surface area contributed by atoms with Crippen LogP contribution < -0.4 is 5.73 Å². The number of rotatable bonds is 1. The Labute approximate surface area is 128 Å². The molecule has 3 rings (SSSR count). The number of nitrogens with two attached hydrogens (primary N) is 1. The van der Waals surface area contributed by atoms with Crippen LogP contribution in [-0.4, -0.2) is 9.55 Å². The summed E-state index contributed by atoms with van der Waals surface area (Å²) in [6.07, 6.45) is 0. The van der Waals surface area contributed by atoms with Crippen LogP contribution in [0.5, 0.6) is 0 Å². The molecule has 0 bridgehead atoms. The molecule has 1 aromatic heterocycles. The number of benzene rings is 2. The van der Waals surface area contributed by atoms with Crippen LogP contribution in [0.1, 0.15) is 5.56 Å². The van der Waals surface area contributed by atoms with Gasteiger partial charge in [-0.2, -0.15) is 0 Å². The van der Waals surface area contributed by atoms with Crippen molar-refractivity contribution in [1.82, 2.24) is 9.55 Å². The smallest absolute Gasteiger partial charge is 0.205 e. The summed E-state index contributed by atoms with van der Waals surface area (Å²) in [6.45, 7) is 1.90. The van der Waals surface area contributed by atoms with Crippen LogP contribution in [0.3, 0.4) is 0 Å². The minimum Gasteiger partial charge on any atom is -0.369 e. The fourth-order valence-corrected chi connectivity index (χ4v) is 2.68. The highest BCUT2D eigenvalue weighted by Crippen LogP contribution is 2.31. The summed E-state index contributed by atoms with van der Waals surface area (Å²) in [4.78, 5) is 4.20. The maximum atomic E-state index is 13.6. The number of aromatic nitrogens is 2. The normalized spacial score (nSPS) is 11.2. The van der Waals surface area contributed by atoms with E-state index in [2.05, 4.69) is 20.9 Å². The Kier molecular flexibility index (Phi) is 3.18. The first-order valence-electron chi connectivity index (χ1n) is 5.87. The lowest BCUT2D eigenvalue weighted by Gasteiger charge is -2.11. The summed E-state index contributed by atoms with van der Waals surface area (Å²) >= 11 is 9.33. The summed E-state index contributed by atoms with van der Waals surface area (Å²) in [5.41, 5.74) is 8.92. The molecular formula is C14H10BrClFN3. The number of nitrogen functional groups attached to an aromatic ring is 1. The number of nitrogens with zero attached hydrogens (tertiary/aromatic N) is 2. The minimum atomic E-state index is -0.370. The molecule has 0 aliphatic heterocycles. The van der Waals surface area contributed by atoms with Crippen molar-refractivity contribution >= 4 is 44.5 Å². The first-order valence-corrected chi connectivity index (χ1v) is 7.04. The minimum absolute atomic E-state index is 0.294. The van der Waals surface area contributed by atoms with Crippen LogP contribution >= 0.6 is 27.5 Å². The lowest BCUT2D eigenvalue weighted by molar-refractivity contribution is 0.623. The molecule has 0 aliphatic rings. The number of halogens is 3. The van der Waals surface area contributed by atoms with E-state index in [-0.39, 0.29) is 5.82 Å². The molecule has 3 aromatic rings. The van der Waals surface area contributed by atoms with Gasteiger partial charge < -0.3 is 5.73 Å². The van der Waals surface area contributed by atoms with Gasteiger partial charge in [-0.15, -0.1) is 0 Å². The average Bonchev–Trinajstić information content (AvgIpc) is 2.69. The largest absolute Gasteiger partial charge is 0.369 e. The van der Waals surface area contributed by atoms with Crippen LogP contribution in [0.15, 0.2) is 34.8 Å². The highest BCUT2D eigenvalue weighted by Gasteiger charge is 2.15. The molecule has 1 heterocycles. The second-order valence-electron chi connectivity index (χ2n) is 4.44. The number of hydrogen-bond donors (Lipinski definition) is 1. The van der Waals surface area contributed by atoms with Crippen LogP contribution in [0.4, 0.5) is 10.3 Å². The average molecular weight is 355 g/mol. The zero-order chi connectivity index (χ0) is 14.4. The molecule has 6 heteroatoms. The highest BCUT2D eigenvalue weighted by atomic mass is 79.9. The van der Waals surface area contributed by atoms with Gasteiger partial charge in [0, 0.05) is 11.1 Å². The van der Waals surface area contributed by atoms with Gasteiger partial charge in [-0.25, -0.2) is 9.37 Å². The predicted octanol–water partition coefficient (Wildman–Crippen LogP) is 4.47. The molecule has 102 valence electrons. The van der Waals surface area contributed by atoms with E-state index < -0.39 is 0 Å². The van der Waals surface area contributed by atoms with Gasteiger partial charge in [0.15, 0.2) is 0 Å². The summed E-state index contributed by atoms with van der Waals surface area (Å²) in [5, 5.41) is 0.643. The van der Waals surface area contributed by atoms with E-state index in [0.29, 0.717) is 21.0 Å². The molecule has 0 radical (unpaired) electrons. The van der Waals surface area contributed by atoms with Crippen molar-refractivity contribution in [3.05, 3.63) is 51.2 Å². The van der Waals surface area contributed by atoms with Crippen molar-refractivity contribution in [2.24, 2.45) is 0 Å². The van der Waals surface area contributed by atoms with Crippen molar-refractivity contribution in [2.75, 3.05) is 5.73 Å². The van der Waals surface area contributed by atoms with Gasteiger partial charge in [-0.1, -0.05) is 17.7 Å². The lowest BCUT2D eigenvalue weighted by Crippen LogP contribution is -2.02. The number of imidazole rings is 1. The third kappa shape index (κ3) is 1.98. The second kappa shape index (κ2) is 4.75. The number of fused-ring (bicyclic) bond motifs is 1. The fourth-order valence-electron chi connectivity index (χ4n) is 2.18. The maximum Gasteiger partial charge on any atom is 0.205 e. The van der Waals surface area contributed by atoms with Gasteiger partial charge >= 0.3 is 0 Å². The molecule has 0 atom stereocenters. The quantitative estimate of drug-likeness (QED) is 0.700. The summed E-state index contributed by atoms with van der Waals surface area (Å²) < 4.78 is 15.7. The molecule has 0 aliphatic carbocycles. The van der Waals surface area contributed by atoms with Crippen molar-refractivity contribution in [2.45, 2.75) is 6.92 Å². The second-order valence-corrected chi connectivity index (χ2v) is 5.71. The monoisotopic (exact) mass is 353 g/mol. The highest BCUT2D eigenvalue weighted by molar-refractivity contribution is 9.10. The topological polar surface area (TPSA) is 43.8 Å². The zero-order valence-electron chi connectivity index (χ0n) is 10.5. The first kappa shape index (κ1) is 13.4. The van der Waals surface area contributed by atoms with E-state index in [9.17, 15) is 4.39 Å². The molecular weight excluding hydrogens is 345 g/mol. The molecule has 3 nitrogen and oxygen atoms in total. The third-order valence-corrected chi connectivity index (χ3v) is 4.22. The van der Waals surface area contributed by atoms with Crippen molar-refractivity contribution in [1.29, 1.82) is 0 Å². The van der Waals surface area contributed by atoms with Crippen LogP contribution in [-0.2, 0) is 0 Å². The van der Waals surface area contributed by atoms with Crippen LogP contribution in [0.2, 0.25) is 5.02 Å². The third-order valence-electron chi connectivity index (χ3n) is 3.20. The first-order chi connectivity index (χ1) is 9.49. The molecule has 0 fully saturated rings. The predicted molar refractivity (Wildman–Crippen MR) is 82.9 cm³/mol. The van der Waals surface area contributed by atoms with E-state index in [1.807, 2.05) is 25.1 Å². The van der Waals surface area contributed by atoms with E-state index >= 15 is 0 Å². The van der Waals surface area contributed by atoms with E-state index in [1.165, 1.54) is 6.07 Å². The Morgan fingerprint density at radius 1 is 1.35 bits per heavy atom. The van der Waals surface area contributed by atoms with Crippen molar-refractivity contribution < 1.29 is 4.39 Å². The number of hydrogen-bond acceptors (Lipinski definition) is 2. The van der Waals surface area contributed by atoms with Crippen molar-refractivity contribution in [3.8, 4) is 5.69 Å². The Hall–Kier alpha value is -1.59. The van der Waals surface area contributed by atoms with E-state index in [4.69, 9.17) is 17.3 Å². The Morgan fingerprint density at radius 2 is 2.10 bits per heavy atom. The Morgan fingerprint density at radius 3 is 2.85 bits per heavy atom. The van der Waals surface area contributed by atoms with Gasteiger partial charge in [0.05, 0.1) is 21.2 Å². The van der Waals surface area contributed by atoms with Crippen LogP contribution in [0.25, 0.3) is 16.7 Å². The molecule has 2 aromatic carbocycles.